The zero-order chi connectivity index (χ0) is 9.97. The summed E-state index contributed by atoms with van der Waals surface area (Å²) in [7, 11) is 1.95. The van der Waals surface area contributed by atoms with Crippen molar-refractivity contribution in [3.63, 3.8) is 0 Å². The lowest BCUT2D eigenvalue weighted by molar-refractivity contribution is 0.173. The molecule has 0 aromatic heterocycles. The van der Waals surface area contributed by atoms with Gasteiger partial charge in [0, 0.05) is 0 Å². The molecule has 3 nitrogen and oxygen atoms in total. The summed E-state index contributed by atoms with van der Waals surface area (Å²) < 4.78 is 10.9. The molecular formula is C11H15NO2. The van der Waals surface area contributed by atoms with Crippen LogP contribution in [0.5, 0.6) is 11.5 Å². The third-order valence-electron chi connectivity index (χ3n) is 2.44. The Kier molecular flexibility index (Phi) is 2.59. The molecule has 14 heavy (non-hydrogen) atoms. The van der Waals surface area contributed by atoms with E-state index in [1.165, 1.54) is 5.56 Å². The van der Waals surface area contributed by atoms with Gasteiger partial charge in [0.25, 0.3) is 0 Å². The Morgan fingerprint density at radius 2 is 2.07 bits per heavy atom. The van der Waals surface area contributed by atoms with Gasteiger partial charge in [0.15, 0.2) is 11.5 Å². The SMILES string of the molecule is CNCCc1ccc(C)c2c1OCO2. The van der Waals surface area contributed by atoms with E-state index in [0.29, 0.717) is 6.79 Å². The fourth-order valence-corrected chi connectivity index (χ4v) is 1.64. The zero-order valence-corrected chi connectivity index (χ0v) is 8.59. The molecule has 0 spiro atoms. The van der Waals surface area contributed by atoms with Gasteiger partial charge in [0.2, 0.25) is 6.79 Å². The first-order chi connectivity index (χ1) is 6.83. The second kappa shape index (κ2) is 3.88. The maximum absolute atomic E-state index is 5.46. The van der Waals surface area contributed by atoms with Gasteiger partial charge in [-0.15, -0.1) is 0 Å². The number of ether oxygens (including phenoxy) is 2. The normalized spacial score (nSPS) is 13.3. The predicted octanol–water partition coefficient (Wildman–Crippen LogP) is 1.49. The van der Waals surface area contributed by atoms with Crippen LogP contribution in [0.3, 0.4) is 0 Å². The summed E-state index contributed by atoms with van der Waals surface area (Å²) in [6, 6.07) is 4.19. The average molecular weight is 193 g/mol. The summed E-state index contributed by atoms with van der Waals surface area (Å²) in [6.07, 6.45) is 0.975. The van der Waals surface area contributed by atoms with Crippen LogP contribution < -0.4 is 14.8 Å². The van der Waals surface area contributed by atoms with Gasteiger partial charge in [0.1, 0.15) is 0 Å². The molecule has 76 valence electrons. The molecule has 0 bridgehead atoms. The van der Waals surface area contributed by atoms with E-state index in [2.05, 4.69) is 17.4 Å². The summed E-state index contributed by atoms with van der Waals surface area (Å²) >= 11 is 0. The van der Waals surface area contributed by atoms with Gasteiger partial charge >= 0.3 is 0 Å². The number of hydrogen-bond donors (Lipinski definition) is 1. The summed E-state index contributed by atoms with van der Waals surface area (Å²) in [6.45, 7) is 3.35. The highest BCUT2D eigenvalue weighted by Crippen LogP contribution is 2.38. The Balaban J connectivity index is 2.29. The van der Waals surface area contributed by atoms with E-state index in [4.69, 9.17) is 9.47 Å². The predicted molar refractivity (Wildman–Crippen MR) is 54.9 cm³/mol. The van der Waals surface area contributed by atoms with Gasteiger partial charge in [-0.1, -0.05) is 12.1 Å². The van der Waals surface area contributed by atoms with Crippen molar-refractivity contribution < 1.29 is 9.47 Å². The van der Waals surface area contributed by atoms with Crippen LogP contribution in [-0.4, -0.2) is 20.4 Å². The minimum atomic E-state index is 0.354. The standard InChI is InChI=1S/C11H15NO2/c1-8-3-4-9(5-6-12-2)11-10(8)13-7-14-11/h3-4,12H,5-7H2,1-2H3. The van der Waals surface area contributed by atoms with Gasteiger partial charge in [-0.3, -0.25) is 0 Å². The Hall–Kier alpha value is -1.22. The summed E-state index contributed by atoms with van der Waals surface area (Å²) in [5.74, 6) is 1.85. The molecule has 1 aliphatic rings. The number of likely N-dealkylation sites (N-methyl/N-ethyl adjacent to an activating group) is 1. The molecule has 0 saturated heterocycles. The number of hydrogen-bond acceptors (Lipinski definition) is 3. The van der Waals surface area contributed by atoms with Gasteiger partial charge in [-0.05, 0) is 38.1 Å². The van der Waals surface area contributed by atoms with Gasteiger partial charge in [0.05, 0.1) is 0 Å². The largest absolute Gasteiger partial charge is 0.453 e. The Labute approximate surface area is 84.0 Å². The number of rotatable bonds is 3. The van der Waals surface area contributed by atoms with Crippen molar-refractivity contribution in [3.8, 4) is 11.5 Å². The van der Waals surface area contributed by atoms with E-state index in [1.54, 1.807) is 0 Å². The molecule has 1 aromatic rings. The van der Waals surface area contributed by atoms with E-state index in [0.717, 1.165) is 30.0 Å². The highest BCUT2D eigenvalue weighted by Gasteiger charge is 2.19. The van der Waals surface area contributed by atoms with Crippen molar-refractivity contribution in [2.75, 3.05) is 20.4 Å². The molecule has 0 unspecified atom stereocenters. The first kappa shape index (κ1) is 9.34. The van der Waals surface area contributed by atoms with Crippen LogP contribution in [0.1, 0.15) is 11.1 Å². The van der Waals surface area contributed by atoms with Crippen molar-refractivity contribution in [2.45, 2.75) is 13.3 Å². The van der Waals surface area contributed by atoms with E-state index in [1.807, 2.05) is 14.0 Å². The van der Waals surface area contributed by atoms with Crippen LogP contribution in [0.4, 0.5) is 0 Å². The van der Waals surface area contributed by atoms with E-state index in [9.17, 15) is 0 Å². The average Bonchev–Trinajstić information content (AvgIpc) is 2.66. The first-order valence-electron chi connectivity index (χ1n) is 4.85. The third-order valence-corrected chi connectivity index (χ3v) is 2.44. The number of aryl methyl sites for hydroxylation is 1. The molecule has 1 aliphatic heterocycles. The highest BCUT2D eigenvalue weighted by atomic mass is 16.7. The zero-order valence-electron chi connectivity index (χ0n) is 8.59. The van der Waals surface area contributed by atoms with Gasteiger partial charge < -0.3 is 14.8 Å². The quantitative estimate of drug-likeness (QED) is 0.788. The lowest BCUT2D eigenvalue weighted by atomic mass is 10.1. The van der Waals surface area contributed by atoms with Crippen molar-refractivity contribution in [3.05, 3.63) is 23.3 Å². The third kappa shape index (κ3) is 1.55. The minimum Gasteiger partial charge on any atom is -0.453 e. The Morgan fingerprint density at radius 1 is 1.29 bits per heavy atom. The number of benzene rings is 1. The summed E-state index contributed by atoms with van der Waals surface area (Å²) in [5.41, 5.74) is 2.36. The summed E-state index contributed by atoms with van der Waals surface area (Å²) in [4.78, 5) is 0. The van der Waals surface area contributed by atoms with Gasteiger partial charge in [-0.2, -0.15) is 0 Å². The topological polar surface area (TPSA) is 30.5 Å². The molecule has 1 N–H and O–H groups in total. The highest BCUT2D eigenvalue weighted by molar-refractivity contribution is 5.52. The number of fused-ring (bicyclic) bond motifs is 1. The van der Waals surface area contributed by atoms with Crippen molar-refractivity contribution in [1.82, 2.24) is 5.32 Å². The molecule has 0 atom stereocenters. The molecule has 0 saturated carbocycles. The molecule has 2 rings (SSSR count). The Morgan fingerprint density at radius 3 is 2.86 bits per heavy atom. The maximum atomic E-state index is 5.46. The van der Waals surface area contributed by atoms with Crippen LogP contribution in [0, 0.1) is 6.92 Å². The van der Waals surface area contributed by atoms with Crippen molar-refractivity contribution in [2.24, 2.45) is 0 Å². The molecule has 0 fully saturated rings. The van der Waals surface area contributed by atoms with Crippen LogP contribution in [0.15, 0.2) is 12.1 Å². The van der Waals surface area contributed by atoms with Crippen LogP contribution in [0.2, 0.25) is 0 Å². The fraction of sp³-hybridized carbons (Fsp3) is 0.455. The van der Waals surface area contributed by atoms with E-state index >= 15 is 0 Å². The van der Waals surface area contributed by atoms with Crippen LogP contribution in [0.25, 0.3) is 0 Å². The molecule has 3 heteroatoms. The molecule has 1 aromatic carbocycles. The van der Waals surface area contributed by atoms with E-state index < -0.39 is 0 Å². The number of nitrogens with one attached hydrogen (secondary N) is 1. The second-order valence-corrected chi connectivity index (χ2v) is 3.46. The molecule has 0 aliphatic carbocycles. The van der Waals surface area contributed by atoms with Gasteiger partial charge in [-0.25, -0.2) is 0 Å². The van der Waals surface area contributed by atoms with Crippen molar-refractivity contribution >= 4 is 0 Å². The first-order valence-corrected chi connectivity index (χ1v) is 4.85. The molecular weight excluding hydrogens is 178 g/mol. The van der Waals surface area contributed by atoms with Crippen molar-refractivity contribution in [1.29, 1.82) is 0 Å². The second-order valence-electron chi connectivity index (χ2n) is 3.46. The smallest absolute Gasteiger partial charge is 0.231 e. The van der Waals surface area contributed by atoms with Crippen LogP contribution >= 0.6 is 0 Å². The molecule has 0 radical (unpaired) electrons. The molecule has 1 heterocycles. The summed E-state index contributed by atoms with van der Waals surface area (Å²) in [5, 5.41) is 3.13. The Bertz CT molecular complexity index is 336. The fourth-order valence-electron chi connectivity index (χ4n) is 1.64. The van der Waals surface area contributed by atoms with E-state index in [-0.39, 0.29) is 0 Å². The lowest BCUT2D eigenvalue weighted by Gasteiger charge is -2.06. The monoisotopic (exact) mass is 193 g/mol. The maximum Gasteiger partial charge on any atom is 0.231 e. The minimum absolute atomic E-state index is 0.354. The van der Waals surface area contributed by atoms with Crippen LogP contribution in [-0.2, 0) is 6.42 Å². The lowest BCUT2D eigenvalue weighted by Crippen LogP contribution is -2.10. The molecule has 0 amide bonds.